The minimum absolute atomic E-state index is 0.281. The van der Waals surface area contributed by atoms with Crippen molar-refractivity contribution in [1.29, 1.82) is 0 Å². The van der Waals surface area contributed by atoms with E-state index in [1.165, 1.54) is 9.87 Å². The molecule has 1 heterocycles. The van der Waals surface area contributed by atoms with E-state index in [0.717, 1.165) is 17.5 Å². The fraction of sp³-hybridized carbons (Fsp3) is 0.409. The van der Waals surface area contributed by atoms with Gasteiger partial charge in [0.2, 0.25) is 10.0 Å². The third kappa shape index (κ3) is 4.45. The summed E-state index contributed by atoms with van der Waals surface area (Å²) < 4.78 is 32.9. The zero-order valence-electron chi connectivity index (χ0n) is 16.6. The molecule has 2 aromatic rings. The molecule has 28 heavy (non-hydrogen) atoms. The molecule has 0 aromatic heterocycles. The number of hydrogen-bond acceptors (Lipinski definition) is 4. The molecule has 6 heteroatoms. The summed E-state index contributed by atoms with van der Waals surface area (Å²) in [7, 11) is -3.54. The van der Waals surface area contributed by atoms with Crippen molar-refractivity contribution in [1.82, 2.24) is 4.31 Å². The molecule has 0 spiro atoms. The third-order valence-electron chi connectivity index (χ3n) is 5.29. The second-order valence-corrected chi connectivity index (χ2v) is 9.27. The highest BCUT2D eigenvalue weighted by molar-refractivity contribution is 7.89. The molecule has 0 unspecified atom stereocenters. The molecule has 0 N–H and O–H groups in total. The van der Waals surface area contributed by atoms with E-state index in [4.69, 9.17) is 4.74 Å². The van der Waals surface area contributed by atoms with Crippen molar-refractivity contribution in [2.45, 2.75) is 44.9 Å². The summed E-state index contributed by atoms with van der Waals surface area (Å²) in [6.45, 7) is 6.47. The average Bonchev–Trinajstić information content (AvgIpc) is 2.68. The molecule has 3 rings (SSSR count). The number of rotatable bonds is 5. The normalized spacial score (nSPS) is 16.1. The minimum atomic E-state index is -3.54. The van der Waals surface area contributed by atoms with E-state index < -0.39 is 10.0 Å². The summed E-state index contributed by atoms with van der Waals surface area (Å²) >= 11 is 0. The van der Waals surface area contributed by atoms with Gasteiger partial charge in [0.05, 0.1) is 10.8 Å². The Balaban J connectivity index is 1.62. The second-order valence-electron chi connectivity index (χ2n) is 7.37. The van der Waals surface area contributed by atoms with Gasteiger partial charge in [-0.05, 0) is 62.4 Å². The lowest BCUT2D eigenvalue weighted by molar-refractivity contribution is -0.140. The Morgan fingerprint density at radius 1 is 1.07 bits per heavy atom. The van der Waals surface area contributed by atoms with Crippen molar-refractivity contribution in [3.63, 3.8) is 0 Å². The van der Waals surface area contributed by atoms with E-state index in [1.54, 1.807) is 18.2 Å². The molecular weight excluding hydrogens is 374 g/mol. The molecule has 150 valence electrons. The van der Waals surface area contributed by atoms with Gasteiger partial charge in [-0.2, -0.15) is 4.31 Å². The highest BCUT2D eigenvalue weighted by atomic mass is 32.2. The molecule has 5 nitrogen and oxygen atoms in total. The summed E-state index contributed by atoms with van der Waals surface area (Å²) in [6.07, 6.45) is 1.87. The van der Waals surface area contributed by atoms with Crippen LogP contribution in [0.3, 0.4) is 0 Å². The van der Waals surface area contributed by atoms with Crippen molar-refractivity contribution in [2.75, 3.05) is 13.1 Å². The number of sulfonamides is 1. The lowest BCUT2D eigenvalue weighted by Crippen LogP contribution is -2.41. The molecule has 1 saturated heterocycles. The van der Waals surface area contributed by atoms with Crippen LogP contribution in [0.4, 0.5) is 0 Å². The van der Waals surface area contributed by atoms with Crippen LogP contribution in [-0.2, 0) is 21.2 Å². The minimum Gasteiger partial charge on any atom is -0.426 e. The lowest BCUT2D eigenvalue weighted by atomic mass is 9.98. The molecule has 1 fully saturated rings. The van der Waals surface area contributed by atoms with Gasteiger partial charge >= 0.3 is 5.97 Å². The maximum Gasteiger partial charge on any atom is 0.314 e. The predicted octanol–water partition coefficient (Wildman–Crippen LogP) is 3.87. The molecule has 1 aliphatic rings. The van der Waals surface area contributed by atoms with Crippen molar-refractivity contribution < 1.29 is 17.9 Å². The lowest BCUT2D eigenvalue weighted by Gasteiger charge is -2.30. The number of carbonyl (C=O) groups excluding carboxylic acids is 1. The number of benzene rings is 2. The Labute approximate surface area is 167 Å². The Kier molecular flexibility index (Phi) is 6.20. The van der Waals surface area contributed by atoms with Crippen LogP contribution < -0.4 is 4.74 Å². The maximum absolute atomic E-state index is 13.0. The van der Waals surface area contributed by atoms with Crippen molar-refractivity contribution >= 4 is 16.0 Å². The number of carbonyl (C=O) groups is 1. The number of piperidine rings is 1. The highest BCUT2D eigenvalue weighted by Gasteiger charge is 2.33. The molecule has 0 aliphatic carbocycles. The van der Waals surface area contributed by atoms with Crippen LogP contribution in [0.15, 0.2) is 47.4 Å². The SMILES string of the molecule is CCc1ccc(OC(=O)C2CCN(S(=O)(=O)c3ccc(C)cc3C)CC2)cc1. The quantitative estimate of drug-likeness (QED) is 0.564. The molecular formula is C22H27NO4S. The van der Waals surface area contributed by atoms with Gasteiger partial charge in [-0.15, -0.1) is 0 Å². The summed E-state index contributed by atoms with van der Waals surface area (Å²) in [5, 5.41) is 0. The van der Waals surface area contributed by atoms with E-state index in [2.05, 4.69) is 6.92 Å². The van der Waals surface area contributed by atoms with E-state index >= 15 is 0 Å². The third-order valence-corrected chi connectivity index (χ3v) is 7.34. The molecule has 0 saturated carbocycles. The zero-order valence-corrected chi connectivity index (χ0v) is 17.5. The van der Waals surface area contributed by atoms with Crippen LogP contribution in [0.25, 0.3) is 0 Å². The summed E-state index contributed by atoms with van der Waals surface area (Å²) in [5.41, 5.74) is 2.96. The highest BCUT2D eigenvalue weighted by Crippen LogP contribution is 2.27. The summed E-state index contributed by atoms with van der Waals surface area (Å²) in [5.74, 6) is -0.0308. The van der Waals surface area contributed by atoms with Crippen LogP contribution in [0.5, 0.6) is 5.75 Å². The number of hydrogen-bond donors (Lipinski definition) is 0. The van der Waals surface area contributed by atoms with E-state index in [0.29, 0.717) is 36.6 Å². The van der Waals surface area contributed by atoms with Crippen molar-refractivity contribution in [2.24, 2.45) is 5.92 Å². The maximum atomic E-state index is 13.0. The Hall–Kier alpha value is -2.18. The Morgan fingerprint density at radius 3 is 2.29 bits per heavy atom. The van der Waals surface area contributed by atoms with E-state index in [9.17, 15) is 13.2 Å². The first-order chi connectivity index (χ1) is 13.3. The van der Waals surface area contributed by atoms with Gasteiger partial charge < -0.3 is 4.74 Å². The fourth-order valence-corrected chi connectivity index (χ4v) is 5.23. The first-order valence-corrected chi connectivity index (χ1v) is 11.1. The number of nitrogens with zero attached hydrogens (tertiary/aromatic N) is 1. The van der Waals surface area contributed by atoms with Gasteiger partial charge in [0, 0.05) is 13.1 Å². The predicted molar refractivity (Wildman–Crippen MR) is 109 cm³/mol. The van der Waals surface area contributed by atoms with Gasteiger partial charge in [0.1, 0.15) is 5.75 Å². The van der Waals surface area contributed by atoms with Crippen molar-refractivity contribution in [3.8, 4) is 5.75 Å². The molecule has 1 aliphatic heterocycles. The van der Waals surface area contributed by atoms with Crippen LogP contribution in [0.2, 0.25) is 0 Å². The smallest absolute Gasteiger partial charge is 0.314 e. The van der Waals surface area contributed by atoms with Crippen LogP contribution in [-0.4, -0.2) is 31.8 Å². The van der Waals surface area contributed by atoms with Gasteiger partial charge in [0.25, 0.3) is 0 Å². The van der Waals surface area contributed by atoms with Crippen molar-refractivity contribution in [3.05, 3.63) is 59.2 Å². The molecule has 2 aromatic carbocycles. The number of aryl methyl sites for hydroxylation is 3. The van der Waals surface area contributed by atoms with Crippen LogP contribution >= 0.6 is 0 Å². The standard InChI is InChI=1S/C22H27NO4S/c1-4-18-6-8-20(9-7-18)27-22(24)19-11-13-23(14-12-19)28(25,26)21-10-5-16(2)15-17(21)3/h5-10,15,19H,4,11-14H2,1-3H3. The van der Waals surface area contributed by atoms with E-state index in [-0.39, 0.29) is 11.9 Å². The van der Waals surface area contributed by atoms with Gasteiger partial charge in [0.15, 0.2) is 0 Å². The average molecular weight is 402 g/mol. The fourth-order valence-electron chi connectivity index (χ4n) is 3.55. The second kappa shape index (κ2) is 8.45. The van der Waals surface area contributed by atoms with Gasteiger partial charge in [-0.1, -0.05) is 36.8 Å². The molecule has 0 atom stereocenters. The topological polar surface area (TPSA) is 63.7 Å². The van der Waals surface area contributed by atoms with Gasteiger partial charge in [-0.3, -0.25) is 4.79 Å². The van der Waals surface area contributed by atoms with Gasteiger partial charge in [-0.25, -0.2) is 8.42 Å². The molecule has 0 bridgehead atoms. The Bertz CT molecular complexity index is 943. The molecule has 0 radical (unpaired) electrons. The molecule has 0 amide bonds. The Morgan fingerprint density at radius 2 is 1.71 bits per heavy atom. The largest absolute Gasteiger partial charge is 0.426 e. The monoisotopic (exact) mass is 401 g/mol. The number of ether oxygens (including phenoxy) is 1. The van der Waals surface area contributed by atoms with Crippen LogP contribution in [0, 0.1) is 19.8 Å². The first kappa shape index (κ1) is 20.6. The van der Waals surface area contributed by atoms with E-state index in [1.807, 2.05) is 38.1 Å². The number of esters is 1. The van der Waals surface area contributed by atoms with Crippen LogP contribution in [0.1, 0.15) is 36.5 Å². The zero-order chi connectivity index (χ0) is 20.3. The summed E-state index contributed by atoms with van der Waals surface area (Å²) in [6, 6.07) is 12.9. The summed E-state index contributed by atoms with van der Waals surface area (Å²) in [4.78, 5) is 12.8. The first-order valence-electron chi connectivity index (χ1n) is 9.69.